The smallest absolute Gasteiger partial charge is 0.294 e. The summed E-state index contributed by atoms with van der Waals surface area (Å²) in [4.78, 5) is 12.9. The van der Waals surface area contributed by atoms with Gasteiger partial charge >= 0.3 is 0 Å². The monoisotopic (exact) mass is 486 g/mol. The molecule has 0 spiro atoms. The van der Waals surface area contributed by atoms with Gasteiger partial charge in [0, 0.05) is 11.1 Å². The molecule has 0 aliphatic carbocycles. The van der Waals surface area contributed by atoms with Crippen LogP contribution in [0.2, 0.25) is 10.0 Å². The van der Waals surface area contributed by atoms with Gasteiger partial charge in [-0.2, -0.15) is 9.78 Å². The highest BCUT2D eigenvalue weighted by atomic mass is 35.5. The van der Waals surface area contributed by atoms with E-state index in [4.69, 9.17) is 33.7 Å². The number of nitrogens with two attached hydrogens (primary N) is 1. The molecule has 13 heteroatoms. The minimum Gasteiger partial charge on any atom is -0.494 e. The number of nitrogen functional groups attached to an aromatic ring is 1. The lowest BCUT2D eigenvalue weighted by atomic mass is 10.1. The van der Waals surface area contributed by atoms with Gasteiger partial charge in [0.1, 0.15) is 11.4 Å². The molecule has 2 heterocycles. The second-order valence-corrected chi connectivity index (χ2v) is 7.28. The number of aromatic nitrogens is 5. The van der Waals surface area contributed by atoms with E-state index in [2.05, 4.69) is 35.8 Å². The maximum atomic E-state index is 12.9. The molecule has 0 saturated heterocycles. The summed E-state index contributed by atoms with van der Waals surface area (Å²) in [6.07, 6.45) is 1.34. The van der Waals surface area contributed by atoms with Gasteiger partial charge < -0.3 is 10.5 Å². The minimum atomic E-state index is -0.639. The molecule has 2 aromatic heterocycles. The molecule has 0 saturated carbocycles. The molecule has 33 heavy (non-hydrogen) atoms. The van der Waals surface area contributed by atoms with E-state index in [0.717, 1.165) is 0 Å². The molecule has 0 aliphatic rings. The van der Waals surface area contributed by atoms with Crippen molar-refractivity contribution in [2.24, 2.45) is 5.10 Å². The number of hydrogen-bond acceptors (Lipinski definition) is 9. The summed E-state index contributed by atoms with van der Waals surface area (Å²) in [5.41, 5.74) is 9.52. The summed E-state index contributed by atoms with van der Waals surface area (Å²) >= 11 is 12.2. The standard InChI is InChI=1S/C20H16Cl2N8O3/c1-2-32-12-8-6-11(7-9-12)17-16(25-29-30(17)19-18(23)27-33-28-19)20(31)26-24-10-13-14(21)4-3-5-15(13)22/h3-10H,2H2,1H3,(H2,23,27)(H,26,31)/b24-10+. The first-order valence-electron chi connectivity index (χ1n) is 9.54. The van der Waals surface area contributed by atoms with Crippen LogP contribution in [-0.4, -0.2) is 44.0 Å². The van der Waals surface area contributed by atoms with E-state index in [9.17, 15) is 4.79 Å². The summed E-state index contributed by atoms with van der Waals surface area (Å²) in [7, 11) is 0. The molecule has 3 N–H and O–H groups in total. The van der Waals surface area contributed by atoms with Crippen LogP contribution in [0.15, 0.2) is 52.2 Å². The molecule has 0 fully saturated rings. The van der Waals surface area contributed by atoms with Crippen LogP contribution in [0.4, 0.5) is 5.82 Å². The lowest BCUT2D eigenvalue weighted by Crippen LogP contribution is -2.19. The summed E-state index contributed by atoms with van der Waals surface area (Å²) in [6, 6.07) is 12.0. The number of benzene rings is 2. The van der Waals surface area contributed by atoms with E-state index in [0.29, 0.717) is 39.2 Å². The predicted molar refractivity (Wildman–Crippen MR) is 122 cm³/mol. The number of nitrogens with one attached hydrogen (secondary N) is 1. The highest BCUT2D eigenvalue weighted by Crippen LogP contribution is 2.28. The van der Waals surface area contributed by atoms with Crippen LogP contribution in [-0.2, 0) is 0 Å². The molecule has 11 nitrogen and oxygen atoms in total. The van der Waals surface area contributed by atoms with Crippen molar-refractivity contribution in [3.05, 3.63) is 63.8 Å². The first kappa shape index (κ1) is 22.2. The Kier molecular flexibility index (Phi) is 6.52. The number of anilines is 1. The molecule has 168 valence electrons. The van der Waals surface area contributed by atoms with Gasteiger partial charge in [-0.25, -0.2) is 10.1 Å². The summed E-state index contributed by atoms with van der Waals surface area (Å²) in [5.74, 6) is 0.0805. The van der Waals surface area contributed by atoms with Crippen LogP contribution in [0, 0.1) is 0 Å². The largest absolute Gasteiger partial charge is 0.494 e. The SMILES string of the molecule is CCOc1ccc(-c2c(C(=O)N/N=C/c3c(Cl)cccc3Cl)nnn2-c2nonc2N)cc1. The van der Waals surface area contributed by atoms with Gasteiger partial charge in [0.25, 0.3) is 5.91 Å². The number of rotatable bonds is 7. The number of hydrogen-bond donors (Lipinski definition) is 2. The highest BCUT2D eigenvalue weighted by Gasteiger charge is 2.25. The Morgan fingerprint density at radius 1 is 1.21 bits per heavy atom. The maximum Gasteiger partial charge on any atom is 0.294 e. The van der Waals surface area contributed by atoms with Gasteiger partial charge in [-0.3, -0.25) is 4.79 Å². The third kappa shape index (κ3) is 4.64. The fourth-order valence-electron chi connectivity index (χ4n) is 2.90. The van der Waals surface area contributed by atoms with Crippen molar-refractivity contribution in [2.45, 2.75) is 6.92 Å². The second kappa shape index (κ2) is 9.67. The first-order valence-corrected chi connectivity index (χ1v) is 10.3. The van der Waals surface area contributed by atoms with Crippen LogP contribution in [0.25, 0.3) is 17.1 Å². The van der Waals surface area contributed by atoms with Crippen LogP contribution in [0.5, 0.6) is 5.75 Å². The molecule has 0 atom stereocenters. The third-order valence-corrected chi connectivity index (χ3v) is 5.04. The third-order valence-electron chi connectivity index (χ3n) is 4.38. The van der Waals surface area contributed by atoms with Crippen LogP contribution < -0.4 is 15.9 Å². The zero-order chi connectivity index (χ0) is 23.4. The average Bonchev–Trinajstić information content (AvgIpc) is 3.42. The Bertz CT molecular complexity index is 1300. The molecule has 0 unspecified atom stereocenters. The van der Waals surface area contributed by atoms with Crippen molar-refractivity contribution in [1.82, 2.24) is 30.7 Å². The zero-order valence-electron chi connectivity index (χ0n) is 17.1. The fraction of sp³-hybridized carbons (Fsp3) is 0.100. The van der Waals surface area contributed by atoms with E-state index >= 15 is 0 Å². The van der Waals surface area contributed by atoms with Gasteiger partial charge in [-0.15, -0.1) is 5.10 Å². The molecular weight excluding hydrogens is 471 g/mol. The Hall–Kier alpha value is -3.96. The van der Waals surface area contributed by atoms with Crippen molar-refractivity contribution >= 4 is 41.1 Å². The number of carbonyl (C=O) groups is 1. The van der Waals surface area contributed by atoms with E-state index in [1.54, 1.807) is 42.5 Å². The number of carbonyl (C=O) groups excluding carboxylic acids is 1. The maximum absolute atomic E-state index is 12.9. The summed E-state index contributed by atoms with van der Waals surface area (Å²) in [6.45, 7) is 2.40. The van der Waals surface area contributed by atoms with Crippen molar-refractivity contribution < 1.29 is 14.2 Å². The minimum absolute atomic E-state index is 0.0228. The molecular formula is C20H16Cl2N8O3. The molecule has 1 amide bonds. The first-order chi connectivity index (χ1) is 16.0. The van der Waals surface area contributed by atoms with Crippen LogP contribution in [0.1, 0.15) is 23.0 Å². The van der Waals surface area contributed by atoms with Gasteiger partial charge in [-0.1, -0.05) is 34.5 Å². The molecule has 2 aromatic carbocycles. The Morgan fingerprint density at radius 3 is 2.58 bits per heavy atom. The quantitative estimate of drug-likeness (QED) is 0.298. The molecule has 0 radical (unpaired) electrons. The zero-order valence-corrected chi connectivity index (χ0v) is 18.6. The number of amides is 1. The van der Waals surface area contributed by atoms with Crippen molar-refractivity contribution in [2.75, 3.05) is 12.3 Å². The summed E-state index contributed by atoms with van der Waals surface area (Å²) in [5, 5.41) is 20.0. The highest BCUT2D eigenvalue weighted by molar-refractivity contribution is 6.38. The predicted octanol–water partition coefficient (Wildman–Crippen LogP) is 3.37. The number of nitrogens with zero attached hydrogens (tertiary/aromatic N) is 6. The topological polar surface area (TPSA) is 146 Å². The van der Waals surface area contributed by atoms with E-state index in [1.165, 1.54) is 10.9 Å². The van der Waals surface area contributed by atoms with Gasteiger partial charge in [-0.05, 0) is 53.6 Å². The average molecular weight is 487 g/mol. The number of halogens is 2. The molecule has 0 aliphatic heterocycles. The van der Waals surface area contributed by atoms with Crippen molar-refractivity contribution in [1.29, 1.82) is 0 Å². The van der Waals surface area contributed by atoms with Crippen LogP contribution >= 0.6 is 23.2 Å². The number of hydrazone groups is 1. The van der Waals surface area contributed by atoms with Crippen molar-refractivity contribution in [3.63, 3.8) is 0 Å². The molecule has 4 aromatic rings. The molecule has 4 rings (SSSR count). The lowest BCUT2D eigenvalue weighted by molar-refractivity contribution is 0.0950. The van der Waals surface area contributed by atoms with E-state index in [-0.39, 0.29) is 17.3 Å². The van der Waals surface area contributed by atoms with E-state index < -0.39 is 5.91 Å². The Balaban J connectivity index is 1.69. The molecule has 0 bridgehead atoms. The van der Waals surface area contributed by atoms with E-state index in [1.807, 2.05) is 6.92 Å². The Morgan fingerprint density at radius 2 is 1.94 bits per heavy atom. The van der Waals surface area contributed by atoms with Gasteiger partial charge in [0.15, 0.2) is 5.69 Å². The van der Waals surface area contributed by atoms with Crippen molar-refractivity contribution in [3.8, 4) is 22.8 Å². The van der Waals surface area contributed by atoms with Gasteiger partial charge in [0.2, 0.25) is 11.6 Å². The second-order valence-electron chi connectivity index (χ2n) is 6.46. The lowest BCUT2D eigenvalue weighted by Gasteiger charge is -2.07. The fourth-order valence-corrected chi connectivity index (χ4v) is 3.39. The normalized spacial score (nSPS) is 11.1. The Labute approximate surface area is 197 Å². The van der Waals surface area contributed by atoms with Crippen LogP contribution in [0.3, 0.4) is 0 Å². The summed E-state index contributed by atoms with van der Waals surface area (Å²) < 4.78 is 11.4. The van der Waals surface area contributed by atoms with Gasteiger partial charge in [0.05, 0.1) is 22.9 Å². The number of ether oxygens (including phenoxy) is 1.